The van der Waals surface area contributed by atoms with Crippen LogP contribution < -0.4 is 5.32 Å². The van der Waals surface area contributed by atoms with Crippen molar-refractivity contribution in [3.63, 3.8) is 0 Å². The summed E-state index contributed by atoms with van der Waals surface area (Å²) in [6.07, 6.45) is 2.04. The number of nitrogens with one attached hydrogen (secondary N) is 2. The molecule has 3 heterocycles. The molecule has 11 heteroatoms. The van der Waals surface area contributed by atoms with Gasteiger partial charge < -0.3 is 5.32 Å². The molecule has 0 aliphatic rings. The van der Waals surface area contributed by atoms with Crippen molar-refractivity contribution in [3.05, 3.63) is 51.3 Å². The van der Waals surface area contributed by atoms with Gasteiger partial charge in [-0.15, -0.1) is 5.10 Å². The maximum atomic E-state index is 12.7. The van der Waals surface area contributed by atoms with Crippen LogP contribution in [0.2, 0.25) is 10.0 Å². The predicted molar refractivity (Wildman–Crippen MR) is 118 cm³/mol. The summed E-state index contributed by atoms with van der Waals surface area (Å²) in [4.78, 5) is 21.5. The number of anilines is 1. The van der Waals surface area contributed by atoms with Crippen LogP contribution in [0.3, 0.4) is 0 Å². The molecule has 0 bridgehead atoms. The Morgan fingerprint density at radius 2 is 1.90 bits per heavy atom. The van der Waals surface area contributed by atoms with Gasteiger partial charge in [0.25, 0.3) is 5.78 Å². The fourth-order valence-corrected chi connectivity index (χ4v) is 3.99. The van der Waals surface area contributed by atoms with Crippen LogP contribution in [0.5, 0.6) is 0 Å². The van der Waals surface area contributed by atoms with Gasteiger partial charge in [0.05, 0.1) is 12.1 Å². The van der Waals surface area contributed by atoms with Crippen molar-refractivity contribution >= 4 is 52.5 Å². The van der Waals surface area contributed by atoms with E-state index in [1.807, 2.05) is 20.1 Å². The highest BCUT2D eigenvalue weighted by atomic mass is 35.5. The highest BCUT2D eigenvalue weighted by Gasteiger charge is 2.17. The molecule has 154 valence electrons. The molecule has 0 atom stereocenters. The topological polar surface area (TPSA) is 101 Å². The average molecular weight is 462 g/mol. The smallest absolute Gasteiger partial charge is 0.253 e. The van der Waals surface area contributed by atoms with Crippen LogP contribution in [0.4, 0.5) is 5.82 Å². The first-order chi connectivity index (χ1) is 14.3. The number of aromatic nitrogens is 6. The van der Waals surface area contributed by atoms with Crippen molar-refractivity contribution in [2.24, 2.45) is 0 Å². The molecule has 1 amide bonds. The Balaban J connectivity index is 1.53. The van der Waals surface area contributed by atoms with E-state index in [-0.39, 0.29) is 12.3 Å². The molecule has 2 N–H and O–H groups in total. The summed E-state index contributed by atoms with van der Waals surface area (Å²) in [5.41, 5.74) is 3.84. The van der Waals surface area contributed by atoms with Gasteiger partial charge in [0.15, 0.2) is 5.82 Å². The van der Waals surface area contributed by atoms with Crippen molar-refractivity contribution < 1.29 is 4.79 Å². The first-order valence-electron chi connectivity index (χ1n) is 8.92. The highest BCUT2D eigenvalue weighted by molar-refractivity contribution is 7.98. The third kappa shape index (κ3) is 4.14. The van der Waals surface area contributed by atoms with Crippen LogP contribution >= 0.6 is 35.0 Å². The summed E-state index contributed by atoms with van der Waals surface area (Å²) in [6, 6.07) is 6.91. The van der Waals surface area contributed by atoms with Crippen molar-refractivity contribution in [1.82, 2.24) is 29.8 Å². The van der Waals surface area contributed by atoms with Crippen LogP contribution in [0.25, 0.3) is 17.0 Å². The number of benzene rings is 1. The predicted octanol–water partition coefficient (Wildman–Crippen LogP) is 4.34. The summed E-state index contributed by atoms with van der Waals surface area (Å²) in [6.45, 7) is 3.76. The normalized spacial score (nSPS) is 11.2. The lowest BCUT2D eigenvalue weighted by Crippen LogP contribution is -2.18. The van der Waals surface area contributed by atoms with E-state index in [2.05, 4.69) is 30.6 Å². The number of hydrogen-bond acceptors (Lipinski definition) is 6. The number of aryl methyl sites for hydroxylation is 2. The summed E-state index contributed by atoms with van der Waals surface area (Å²) < 4.78 is 1.66. The number of H-pyrrole nitrogens is 1. The number of aromatic amines is 1. The molecule has 0 saturated heterocycles. The molecule has 0 fully saturated rings. The zero-order chi connectivity index (χ0) is 21.4. The van der Waals surface area contributed by atoms with Crippen molar-refractivity contribution in [3.8, 4) is 11.3 Å². The molecular formula is C19H17Cl2N7OS. The molecule has 0 radical (unpaired) electrons. The lowest BCUT2D eigenvalue weighted by atomic mass is 10.1. The maximum absolute atomic E-state index is 12.7. The molecule has 4 rings (SSSR count). The van der Waals surface area contributed by atoms with Gasteiger partial charge in [0.2, 0.25) is 11.1 Å². The van der Waals surface area contributed by atoms with Gasteiger partial charge in [-0.05, 0) is 38.3 Å². The largest absolute Gasteiger partial charge is 0.309 e. The number of thioether (sulfide) groups is 1. The van der Waals surface area contributed by atoms with Gasteiger partial charge in [0.1, 0.15) is 0 Å². The maximum Gasteiger partial charge on any atom is 0.253 e. The average Bonchev–Trinajstić information content (AvgIpc) is 3.31. The summed E-state index contributed by atoms with van der Waals surface area (Å²) in [5, 5.41) is 15.9. The summed E-state index contributed by atoms with van der Waals surface area (Å²) >= 11 is 13.6. The number of nitrogens with zero attached hydrogens (tertiary/aromatic N) is 5. The molecule has 4 aromatic rings. The van der Waals surface area contributed by atoms with Crippen LogP contribution in [0.1, 0.15) is 17.0 Å². The van der Waals surface area contributed by atoms with Gasteiger partial charge in [-0.1, -0.05) is 35.0 Å². The van der Waals surface area contributed by atoms with E-state index >= 15 is 0 Å². The van der Waals surface area contributed by atoms with Gasteiger partial charge in [-0.3, -0.25) is 9.89 Å². The van der Waals surface area contributed by atoms with Crippen molar-refractivity contribution in [2.75, 3.05) is 11.6 Å². The minimum atomic E-state index is -0.213. The Hall–Kier alpha value is -2.62. The van der Waals surface area contributed by atoms with Crippen molar-refractivity contribution in [1.29, 1.82) is 0 Å². The van der Waals surface area contributed by atoms with E-state index in [1.165, 1.54) is 11.8 Å². The van der Waals surface area contributed by atoms with E-state index in [9.17, 15) is 4.79 Å². The monoisotopic (exact) mass is 461 g/mol. The van der Waals surface area contributed by atoms with Gasteiger partial charge in [-0.2, -0.15) is 10.1 Å². The zero-order valence-corrected chi connectivity index (χ0v) is 18.7. The Bertz CT molecular complexity index is 1250. The van der Waals surface area contributed by atoms with Crippen LogP contribution in [-0.4, -0.2) is 41.9 Å². The molecule has 8 nitrogen and oxygen atoms in total. The fourth-order valence-electron chi connectivity index (χ4n) is 3.12. The highest BCUT2D eigenvalue weighted by Crippen LogP contribution is 2.27. The quantitative estimate of drug-likeness (QED) is 0.428. The molecule has 0 saturated carbocycles. The lowest BCUT2D eigenvalue weighted by molar-refractivity contribution is -0.115. The third-order valence-electron chi connectivity index (χ3n) is 4.57. The number of rotatable bonds is 5. The van der Waals surface area contributed by atoms with Gasteiger partial charge >= 0.3 is 0 Å². The van der Waals surface area contributed by atoms with Crippen LogP contribution in [0, 0.1) is 13.8 Å². The standard InChI is InChI=1S/C19H17Cl2N7OS/c1-9-14(10(2)28-18(22-9)24-19(27-28)30-3)7-17(29)23-16-8-15(25-26-16)11-4-12(20)6-13(21)5-11/h4-6,8H,7H2,1-3H3,(H2,23,25,26,29). The minimum absolute atomic E-state index is 0.139. The number of hydrogen-bond donors (Lipinski definition) is 2. The van der Waals surface area contributed by atoms with E-state index in [0.29, 0.717) is 32.5 Å². The second kappa shape index (κ2) is 8.25. The Morgan fingerprint density at radius 3 is 2.60 bits per heavy atom. The summed E-state index contributed by atoms with van der Waals surface area (Å²) in [5.74, 6) is 0.714. The molecule has 30 heavy (non-hydrogen) atoms. The third-order valence-corrected chi connectivity index (χ3v) is 5.54. The van der Waals surface area contributed by atoms with E-state index < -0.39 is 0 Å². The lowest BCUT2D eigenvalue weighted by Gasteiger charge is -2.09. The molecule has 3 aromatic heterocycles. The van der Waals surface area contributed by atoms with Crippen LogP contribution in [0.15, 0.2) is 29.4 Å². The van der Waals surface area contributed by atoms with Crippen molar-refractivity contribution in [2.45, 2.75) is 25.4 Å². The first-order valence-corrected chi connectivity index (χ1v) is 10.9. The SMILES string of the molecule is CSc1nc2nc(C)c(CC(=O)Nc3cc(-c4cc(Cl)cc(Cl)c4)[nH]n3)c(C)n2n1. The minimum Gasteiger partial charge on any atom is -0.309 e. The molecule has 0 spiro atoms. The Morgan fingerprint density at radius 1 is 1.17 bits per heavy atom. The number of amides is 1. The van der Waals surface area contributed by atoms with Gasteiger partial charge in [0, 0.05) is 38.6 Å². The molecular weight excluding hydrogens is 445 g/mol. The van der Waals surface area contributed by atoms with E-state index in [1.54, 1.807) is 28.8 Å². The number of carbonyl (C=O) groups is 1. The summed E-state index contributed by atoms with van der Waals surface area (Å²) in [7, 11) is 0. The first kappa shape index (κ1) is 20.6. The van der Waals surface area contributed by atoms with Crippen LogP contribution in [-0.2, 0) is 11.2 Å². The van der Waals surface area contributed by atoms with Gasteiger partial charge in [-0.25, -0.2) is 9.50 Å². The molecule has 0 aliphatic heterocycles. The number of halogens is 2. The Labute approximate surface area is 186 Å². The Kier molecular flexibility index (Phi) is 5.68. The number of carbonyl (C=O) groups excluding carboxylic acids is 1. The molecule has 0 unspecified atom stereocenters. The van der Waals surface area contributed by atoms with E-state index in [0.717, 1.165) is 22.5 Å². The fraction of sp³-hybridized carbons (Fsp3) is 0.211. The molecule has 1 aromatic carbocycles. The zero-order valence-electron chi connectivity index (χ0n) is 16.3. The second-order valence-corrected chi connectivity index (χ2v) is 8.27. The molecule has 0 aliphatic carbocycles. The van der Waals surface area contributed by atoms with E-state index in [4.69, 9.17) is 23.2 Å². The second-order valence-electron chi connectivity index (χ2n) is 6.62. The number of fused-ring (bicyclic) bond motifs is 1.